The molecule has 10 heteroatoms. The van der Waals surface area contributed by atoms with Crippen molar-refractivity contribution in [3.8, 4) is 10.6 Å². The quantitative estimate of drug-likeness (QED) is 0.572. The Morgan fingerprint density at radius 3 is 2.21 bits per heavy atom. The molecule has 3 rings (SSSR count). The van der Waals surface area contributed by atoms with Crippen LogP contribution in [0.15, 0.2) is 48.5 Å². The van der Waals surface area contributed by atoms with E-state index in [1.54, 1.807) is 24.3 Å². The minimum absolute atomic E-state index is 0.0591. The summed E-state index contributed by atoms with van der Waals surface area (Å²) in [6, 6.07) is 10.6. The van der Waals surface area contributed by atoms with Crippen molar-refractivity contribution in [3.63, 3.8) is 0 Å². The number of alkyl halides is 3. The van der Waals surface area contributed by atoms with Crippen molar-refractivity contribution in [3.05, 3.63) is 70.1 Å². The molecule has 150 valence electrons. The summed E-state index contributed by atoms with van der Waals surface area (Å²) in [5.74, 6) is -2.23. The first-order chi connectivity index (χ1) is 13.7. The summed E-state index contributed by atoms with van der Waals surface area (Å²) < 4.78 is 37.9. The normalized spacial score (nSPS) is 11.3. The molecule has 0 unspecified atom stereocenters. The number of carbonyl (C=O) groups excluding carboxylic acids is 1. The minimum Gasteiger partial charge on any atom is -0.477 e. The van der Waals surface area contributed by atoms with E-state index in [2.05, 4.69) is 10.3 Å². The molecule has 3 aromatic rings. The number of aromatic carboxylic acids is 1. The molecule has 0 aliphatic heterocycles. The maximum Gasteiger partial charge on any atom is 0.416 e. The van der Waals surface area contributed by atoms with Gasteiger partial charge in [-0.15, -0.1) is 11.3 Å². The molecule has 0 bridgehead atoms. The second kappa shape index (κ2) is 8.02. The van der Waals surface area contributed by atoms with Crippen LogP contribution in [0.4, 0.5) is 19.0 Å². The number of rotatable bonds is 5. The fourth-order valence-corrected chi connectivity index (χ4v) is 3.31. The maximum absolute atomic E-state index is 12.6. The van der Waals surface area contributed by atoms with Crippen LogP contribution in [0.3, 0.4) is 0 Å². The fourth-order valence-electron chi connectivity index (χ4n) is 2.45. The van der Waals surface area contributed by atoms with Crippen molar-refractivity contribution in [2.75, 3.05) is 5.32 Å². The molecule has 0 saturated carbocycles. The number of carbonyl (C=O) groups is 2. The Hall–Kier alpha value is -3.24. The van der Waals surface area contributed by atoms with Crippen LogP contribution in [0.2, 0.25) is 0 Å². The van der Waals surface area contributed by atoms with Crippen LogP contribution in [0.5, 0.6) is 0 Å². The highest BCUT2D eigenvalue weighted by Crippen LogP contribution is 2.32. The minimum atomic E-state index is -4.52. The number of carboxylic acids is 1. The predicted octanol–water partition coefficient (Wildman–Crippen LogP) is 4.24. The van der Waals surface area contributed by atoms with Crippen LogP contribution < -0.4 is 11.1 Å². The molecule has 0 spiro atoms. The number of hydrogen-bond donors (Lipinski definition) is 3. The number of hydrogen-bond acceptors (Lipinski definition) is 5. The third-order valence-corrected chi connectivity index (χ3v) is 5.06. The summed E-state index contributed by atoms with van der Waals surface area (Å²) in [6.45, 7) is 0.354. The lowest BCUT2D eigenvalue weighted by Crippen LogP contribution is -2.15. The number of amides is 1. The molecule has 4 N–H and O–H groups in total. The van der Waals surface area contributed by atoms with E-state index < -0.39 is 23.6 Å². The Bertz CT molecular complexity index is 1050. The van der Waals surface area contributed by atoms with Gasteiger partial charge < -0.3 is 16.2 Å². The van der Waals surface area contributed by atoms with Gasteiger partial charge in [-0.3, -0.25) is 4.79 Å². The van der Waals surface area contributed by atoms with E-state index in [4.69, 9.17) is 5.73 Å². The van der Waals surface area contributed by atoms with E-state index >= 15 is 0 Å². The van der Waals surface area contributed by atoms with Gasteiger partial charge >= 0.3 is 12.1 Å². The number of aromatic nitrogens is 1. The van der Waals surface area contributed by atoms with E-state index in [1.165, 1.54) is 0 Å². The Morgan fingerprint density at radius 1 is 1.07 bits per heavy atom. The molecule has 0 aliphatic carbocycles. The summed E-state index contributed by atoms with van der Waals surface area (Å²) in [7, 11) is 0. The van der Waals surface area contributed by atoms with Crippen LogP contribution >= 0.6 is 11.3 Å². The predicted molar refractivity (Wildman–Crippen MR) is 102 cm³/mol. The molecule has 6 nitrogen and oxygen atoms in total. The number of thiazole rings is 1. The summed E-state index contributed by atoms with van der Waals surface area (Å²) in [5, 5.41) is 12.1. The lowest BCUT2D eigenvalue weighted by molar-refractivity contribution is -0.137. The zero-order chi connectivity index (χ0) is 21.2. The fraction of sp³-hybridized carbons (Fsp3) is 0.105. The first-order valence-corrected chi connectivity index (χ1v) is 9.03. The molecule has 0 saturated heterocycles. The first kappa shape index (κ1) is 20.5. The molecule has 0 aliphatic rings. The Kier molecular flexibility index (Phi) is 5.66. The highest BCUT2D eigenvalue weighted by atomic mass is 32.1. The maximum atomic E-state index is 12.6. The number of benzene rings is 2. The highest BCUT2D eigenvalue weighted by molar-refractivity contribution is 7.17. The Morgan fingerprint density at radius 2 is 1.69 bits per heavy atom. The molecule has 0 fully saturated rings. The number of anilines is 1. The third-order valence-electron chi connectivity index (χ3n) is 3.96. The zero-order valence-electron chi connectivity index (χ0n) is 14.7. The number of nitrogens with one attached hydrogen (secondary N) is 1. The van der Waals surface area contributed by atoms with Gasteiger partial charge in [0.15, 0.2) is 10.7 Å². The van der Waals surface area contributed by atoms with Crippen LogP contribution in [0.25, 0.3) is 10.6 Å². The second-order valence-corrected chi connectivity index (χ2v) is 6.93. The Labute approximate surface area is 166 Å². The lowest BCUT2D eigenvalue weighted by Gasteiger charge is -2.07. The van der Waals surface area contributed by atoms with Gasteiger partial charge in [0.25, 0.3) is 5.91 Å². The van der Waals surface area contributed by atoms with Gasteiger partial charge in [-0.25, -0.2) is 9.78 Å². The molecule has 1 aromatic heterocycles. The van der Waals surface area contributed by atoms with Gasteiger partial charge in [-0.2, -0.15) is 13.2 Å². The molecular weight excluding hydrogens is 407 g/mol. The molecular formula is C19H14F3N3O3S. The van der Waals surface area contributed by atoms with Gasteiger partial charge in [0.2, 0.25) is 0 Å². The van der Waals surface area contributed by atoms with Crippen molar-refractivity contribution < 1.29 is 27.9 Å². The summed E-state index contributed by atoms with van der Waals surface area (Å²) in [5.41, 5.74) is 6.13. The van der Waals surface area contributed by atoms with Crippen LogP contribution in [0, 0.1) is 0 Å². The van der Waals surface area contributed by atoms with Crippen molar-refractivity contribution in [1.82, 2.24) is 4.98 Å². The summed E-state index contributed by atoms with van der Waals surface area (Å²) in [4.78, 5) is 27.8. The van der Waals surface area contributed by atoms with Gasteiger partial charge in [0.1, 0.15) is 5.01 Å². The second-order valence-electron chi connectivity index (χ2n) is 5.93. The molecule has 0 atom stereocenters. The van der Waals surface area contributed by atoms with E-state index in [0.29, 0.717) is 17.1 Å². The van der Waals surface area contributed by atoms with Gasteiger partial charge in [0.05, 0.1) is 5.56 Å². The number of nitrogens with two attached hydrogens (primary N) is 1. The number of halogens is 3. The van der Waals surface area contributed by atoms with Crippen molar-refractivity contribution in [1.29, 1.82) is 0 Å². The number of nitrogens with zero attached hydrogens (tertiary/aromatic N) is 1. The smallest absolute Gasteiger partial charge is 0.416 e. The standard InChI is InChI=1S/C19H14F3N3O3S/c20-19(21,22)13-7-5-11(6-8-13)16(26)24-15-14(18(27)28)29-17(25-15)12-3-1-10(9-23)2-4-12/h1-8H,9,23H2,(H,24,26)(H,27,28). The van der Waals surface area contributed by atoms with E-state index in [9.17, 15) is 27.9 Å². The van der Waals surface area contributed by atoms with Gasteiger partial charge in [0, 0.05) is 17.7 Å². The van der Waals surface area contributed by atoms with Crippen LogP contribution in [-0.2, 0) is 12.7 Å². The van der Waals surface area contributed by atoms with Gasteiger partial charge in [-0.1, -0.05) is 24.3 Å². The van der Waals surface area contributed by atoms with Crippen molar-refractivity contribution in [2.24, 2.45) is 5.73 Å². The average Bonchev–Trinajstić information content (AvgIpc) is 3.11. The van der Waals surface area contributed by atoms with E-state index in [0.717, 1.165) is 41.2 Å². The highest BCUT2D eigenvalue weighted by Gasteiger charge is 2.30. The molecule has 2 aromatic carbocycles. The monoisotopic (exact) mass is 421 g/mol. The third kappa shape index (κ3) is 4.61. The SMILES string of the molecule is NCc1ccc(-c2nc(NC(=O)c3ccc(C(F)(F)F)cc3)c(C(=O)O)s2)cc1. The molecule has 0 radical (unpaired) electrons. The zero-order valence-corrected chi connectivity index (χ0v) is 15.5. The van der Waals surface area contributed by atoms with E-state index in [1.807, 2.05) is 0 Å². The van der Waals surface area contributed by atoms with Crippen LogP contribution in [0.1, 0.15) is 31.2 Å². The summed E-state index contributed by atoms with van der Waals surface area (Å²) in [6.07, 6.45) is -4.52. The average molecular weight is 421 g/mol. The molecule has 1 heterocycles. The van der Waals surface area contributed by atoms with Crippen molar-refractivity contribution in [2.45, 2.75) is 12.7 Å². The van der Waals surface area contributed by atoms with Crippen LogP contribution in [-0.4, -0.2) is 22.0 Å². The first-order valence-electron chi connectivity index (χ1n) is 8.21. The Balaban J connectivity index is 1.86. The lowest BCUT2D eigenvalue weighted by atomic mass is 10.1. The van der Waals surface area contributed by atoms with Gasteiger partial charge in [-0.05, 0) is 29.8 Å². The van der Waals surface area contributed by atoms with E-state index in [-0.39, 0.29) is 16.3 Å². The van der Waals surface area contributed by atoms with Crippen molar-refractivity contribution >= 4 is 29.0 Å². The topological polar surface area (TPSA) is 105 Å². The summed E-state index contributed by atoms with van der Waals surface area (Å²) >= 11 is 0.872. The molecule has 29 heavy (non-hydrogen) atoms. The largest absolute Gasteiger partial charge is 0.477 e. The number of carboxylic acid groups (broad SMARTS) is 1. The molecule has 1 amide bonds.